The van der Waals surface area contributed by atoms with E-state index in [9.17, 15) is 0 Å². The number of nitrogens with one attached hydrogen (secondary N) is 1. The van der Waals surface area contributed by atoms with Crippen molar-refractivity contribution < 1.29 is 4.74 Å². The molecule has 1 aromatic rings. The van der Waals surface area contributed by atoms with Gasteiger partial charge in [-0.2, -0.15) is 0 Å². The quantitative estimate of drug-likeness (QED) is 0.887. The smallest absolute Gasteiger partial charge is 0.122 e. The zero-order valence-electron chi connectivity index (χ0n) is 12.6. The van der Waals surface area contributed by atoms with E-state index in [1.807, 2.05) is 0 Å². The molecule has 110 valence electrons. The van der Waals surface area contributed by atoms with E-state index in [1.165, 1.54) is 30.4 Å². The molecule has 2 unspecified atom stereocenters. The Kier molecular flexibility index (Phi) is 3.74. The third-order valence-corrected chi connectivity index (χ3v) is 4.76. The summed E-state index contributed by atoms with van der Waals surface area (Å²) >= 11 is 0. The van der Waals surface area contributed by atoms with Gasteiger partial charge in [0.15, 0.2) is 0 Å². The van der Waals surface area contributed by atoms with Gasteiger partial charge in [0.05, 0.1) is 6.61 Å². The second-order valence-electron chi connectivity index (χ2n) is 7.02. The largest absolute Gasteiger partial charge is 0.493 e. The van der Waals surface area contributed by atoms with Crippen LogP contribution in [0.1, 0.15) is 50.3 Å². The molecule has 20 heavy (non-hydrogen) atoms. The van der Waals surface area contributed by atoms with Crippen molar-refractivity contribution in [3.63, 3.8) is 0 Å². The predicted molar refractivity (Wildman–Crippen MR) is 82.0 cm³/mol. The summed E-state index contributed by atoms with van der Waals surface area (Å²) < 4.78 is 5.58. The van der Waals surface area contributed by atoms with Crippen LogP contribution in [0.5, 0.6) is 5.75 Å². The minimum atomic E-state index is 0.264. The highest BCUT2D eigenvalue weighted by molar-refractivity contribution is 5.40. The highest BCUT2D eigenvalue weighted by Gasteiger charge is 2.32. The zero-order valence-corrected chi connectivity index (χ0v) is 12.6. The lowest BCUT2D eigenvalue weighted by Gasteiger charge is -2.24. The van der Waals surface area contributed by atoms with Crippen LogP contribution < -0.4 is 15.8 Å². The Balaban J connectivity index is 1.70. The van der Waals surface area contributed by atoms with Gasteiger partial charge in [0, 0.05) is 25.0 Å². The molecule has 2 aliphatic rings. The number of rotatable bonds is 4. The van der Waals surface area contributed by atoms with Crippen molar-refractivity contribution in [1.29, 1.82) is 0 Å². The first-order valence-corrected chi connectivity index (χ1v) is 7.79. The maximum Gasteiger partial charge on any atom is 0.122 e. The Morgan fingerprint density at radius 3 is 3.00 bits per heavy atom. The highest BCUT2D eigenvalue weighted by atomic mass is 16.5. The van der Waals surface area contributed by atoms with E-state index in [2.05, 4.69) is 37.4 Å². The van der Waals surface area contributed by atoms with Crippen LogP contribution in [0.25, 0.3) is 0 Å². The topological polar surface area (TPSA) is 47.3 Å². The molecule has 1 aromatic carbocycles. The number of hydrogen-bond acceptors (Lipinski definition) is 3. The molecule has 3 heteroatoms. The summed E-state index contributed by atoms with van der Waals surface area (Å²) in [4.78, 5) is 0. The van der Waals surface area contributed by atoms with Crippen LogP contribution in [-0.2, 0) is 6.42 Å². The normalized spacial score (nSPS) is 25.2. The molecule has 0 amide bonds. The fourth-order valence-electron chi connectivity index (χ4n) is 3.59. The summed E-state index contributed by atoms with van der Waals surface area (Å²) in [5.74, 6) is 1.05. The standard InChI is InChI=1S/C17H26N2O/c1-17(2)7-5-14(10-17)19-15(11-18)12-3-4-16-13(9-12)6-8-20-16/h3-4,9,14-15,19H,5-8,10-11,18H2,1-2H3. The van der Waals surface area contributed by atoms with Crippen LogP contribution in [0, 0.1) is 5.41 Å². The molecule has 2 atom stereocenters. The second-order valence-corrected chi connectivity index (χ2v) is 7.02. The predicted octanol–water partition coefficient (Wildman–Crippen LogP) is 2.79. The Labute approximate surface area is 121 Å². The van der Waals surface area contributed by atoms with E-state index >= 15 is 0 Å². The first-order chi connectivity index (χ1) is 9.57. The number of benzene rings is 1. The molecule has 3 nitrogen and oxygen atoms in total. The van der Waals surface area contributed by atoms with Gasteiger partial charge in [0.25, 0.3) is 0 Å². The summed E-state index contributed by atoms with van der Waals surface area (Å²) in [5.41, 5.74) is 9.11. The van der Waals surface area contributed by atoms with E-state index in [-0.39, 0.29) is 6.04 Å². The fraction of sp³-hybridized carbons (Fsp3) is 0.647. The number of ether oxygens (including phenoxy) is 1. The molecule has 1 aliphatic carbocycles. The van der Waals surface area contributed by atoms with E-state index < -0.39 is 0 Å². The van der Waals surface area contributed by atoms with Gasteiger partial charge < -0.3 is 15.8 Å². The lowest BCUT2D eigenvalue weighted by molar-refractivity contribution is 0.353. The summed E-state index contributed by atoms with van der Waals surface area (Å²) in [6.45, 7) is 6.19. The van der Waals surface area contributed by atoms with Crippen molar-refractivity contribution in [1.82, 2.24) is 5.32 Å². The van der Waals surface area contributed by atoms with Crippen molar-refractivity contribution in [2.45, 2.75) is 51.6 Å². The van der Waals surface area contributed by atoms with E-state index in [0.29, 0.717) is 18.0 Å². The Bertz CT molecular complexity index is 484. The summed E-state index contributed by atoms with van der Waals surface area (Å²) in [6.07, 6.45) is 4.84. The third-order valence-electron chi connectivity index (χ3n) is 4.76. The van der Waals surface area contributed by atoms with E-state index in [0.717, 1.165) is 18.8 Å². The molecule has 0 bridgehead atoms. The van der Waals surface area contributed by atoms with Crippen molar-refractivity contribution in [3.05, 3.63) is 29.3 Å². The number of nitrogens with two attached hydrogens (primary N) is 1. The van der Waals surface area contributed by atoms with Gasteiger partial charge in [0.2, 0.25) is 0 Å². The lowest BCUT2D eigenvalue weighted by atomic mass is 9.91. The van der Waals surface area contributed by atoms with Crippen molar-refractivity contribution in [3.8, 4) is 5.75 Å². The summed E-state index contributed by atoms with van der Waals surface area (Å²) in [7, 11) is 0. The fourth-order valence-corrected chi connectivity index (χ4v) is 3.59. The van der Waals surface area contributed by atoms with Crippen LogP contribution in [-0.4, -0.2) is 19.2 Å². The molecular weight excluding hydrogens is 248 g/mol. The minimum Gasteiger partial charge on any atom is -0.493 e. The molecule has 3 rings (SSSR count). The van der Waals surface area contributed by atoms with Gasteiger partial charge in [-0.15, -0.1) is 0 Å². The molecule has 1 saturated carbocycles. The molecule has 0 saturated heterocycles. The molecule has 0 radical (unpaired) electrons. The molecule has 0 aromatic heterocycles. The first kappa shape index (κ1) is 13.9. The Morgan fingerprint density at radius 2 is 2.30 bits per heavy atom. The average Bonchev–Trinajstić information content (AvgIpc) is 3.01. The van der Waals surface area contributed by atoms with Crippen molar-refractivity contribution >= 4 is 0 Å². The van der Waals surface area contributed by atoms with Crippen LogP contribution in [0.2, 0.25) is 0 Å². The minimum absolute atomic E-state index is 0.264. The molecule has 1 heterocycles. The average molecular weight is 274 g/mol. The van der Waals surface area contributed by atoms with Gasteiger partial charge >= 0.3 is 0 Å². The maximum atomic E-state index is 6.00. The summed E-state index contributed by atoms with van der Waals surface area (Å²) in [6, 6.07) is 7.39. The number of hydrogen-bond donors (Lipinski definition) is 2. The van der Waals surface area contributed by atoms with Gasteiger partial charge in [-0.25, -0.2) is 0 Å². The molecule has 0 spiro atoms. The Hall–Kier alpha value is -1.06. The van der Waals surface area contributed by atoms with Crippen molar-refractivity contribution in [2.75, 3.05) is 13.2 Å². The van der Waals surface area contributed by atoms with Crippen molar-refractivity contribution in [2.24, 2.45) is 11.1 Å². The van der Waals surface area contributed by atoms with Crippen LogP contribution in [0.15, 0.2) is 18.2 Å². The lowest BCUT2D eigenvalue weighted by Crippen LogP contribution is -2.35. The van der Waals surface area contributed by atoms with E-state index in [1.54, 1.807) is 0 Å². The second kappa shape index (κ2) is 5.38. The van der Waals surface area contributed by atoms with Crippen LogP contribution in [0.4, 0.5) is 0 Å². The SMILES string of the molecule is CC1(C)CCC(NC(CN)c2ccc3c(c2)CCO3)C1. The van der Waals surface area contributed by atoms with Gasteiger partial charge in [-0.05, 0) is 41.9 Å². The molecule has 1 aliphatic heterocycles. The van der Waals surface area contributed by atoms with Crippen LogP contribution in [0.3, 0.4) is 0 Å². The van der Waals surface area contributed by atoms with E-state index in [4.69, 9.17) is 10.5 Å². The highest BCUT2D eigenvalue weighted by Crippen LogP contribution is 2.38. The van der Waals surface area contributed by atoms with Gasteiger partial charge in [-0.3, -0.25) is 0 Å². The zero-order chi connectivity index (χ0) is 14.2. The Morgan fingerprint density at radius 1 is 1.45 bits per heavy atom. The summed E-state index contributed by atoms with van der Waals surface area (Å²) in [5, 5.41) is 3.76. The first-order valence-electron chi connectivity index (χ1n) is 7.79. The molecule has 1 fully saturated rings. The molecule has 3 N–H and O–H groups in total. The third kappa shape index (κ3) is 2.84. The monoisotopic (exact) mass is 274 g/mol. The van der Waals surface area contributed by atoms with Gasteiger partial charge in [-0.1, -0.05) is 26.0 Å². The number of fused-ring (bicyclic) bond motifs is 1. The van der Waals surface area contributed by atoms with Crippen LogP contribution >= 0.6 is 0 Å². The molecular formula is C17H26N2O. The van der Waals surface area contributed by atoms with Gasteiger partial charge in [0.1, 0.15) is 5.75 Å². The maximum absolute atomic E-state index is 6.00.